The number of amides is 1. The molecule has 2 aromatic heterocycles. The second-order valence-corrected chi connectivity index (χ2v) is 8.09. The maximum atomic E-state index is 12.7. The number of aromatic nitrogens is 1. The Labute approximate surface area is 203 Å². The van der Waals surface area contributed by atoms with Crippen molar-refractivity contribution >= 4 is 39.7 Å². The van der Waals surface area contributed by atoms with Gasteiger partial charge in [0.1, 0.15) is 17.1 Å². The van der Waals surface area contributed by atoms with Gasteiger partial charge in [-0.3, -0.25) is 4.79 Å². The minimum atomic E-state index is -0.312. The molecule has 0 aliphatic rings. The van der Waals surface area contributed by atoms with Gasteiger partial charge < -0.3 is 19.2 Å². The quantitative estimate of drug-likeness (QED) is 0.232. The standard InChI is InChI=1S/C27H25ClN2O4/c1-5-33-25-17(3)26-21(22(15-34-26)18-8-6-9-19(13-18)32-4)14-20(25)16(2)12-24(31)30-23-10-7-11-29-27(23)28/h6-15H,5H2,1-4H3,(H,30,31)/b16-12+. The summed E-state index contributed by atoms with van der Waals surface area (Å²) >= 11 is 6.07. The van der Waals surface area contributed by atoms with Gasteiger partial charge >= 0.3 is 0 Å². The van der Waals surface area contributed by atoms with Gasteiger partial charge in [-0.15, -0.1) is 0 Å². The number of halogens is 1. The average molecular weight is 477 g/mol. The minimum absolute atomic E-state index is 0.232. The first-order chi connectivity index (χ1) is 16.4. The number of anilines is 1. The first-order valence-electron chi connectivity index (χ1n) is 10.8. The van der Waals surface area contributed by atoms with E-state index >= 15 is 0 Å². The van der Waals surface area contributed by atoms with Crippen molar-refractivity contribution in [1.29, 1.82) is 0 Å². The van der Waals surface area contributed by atoms with Crippen LogP contribution in [0, 0.1) is 6.92 Å². The molecule has 2 heterocycles. The highest BCUT2D eigenvalue weighted by Gasteiger charge is 2.19. The smallest absolute Gasteiger partial charge is 0.248 e. The third-order valence-corrected chi connectivity index (χ3v) is 5.80. The lowest BCUT2D eigenvalue weighted by atomic mass is 9.96. The van der Waals surface area contributed by atoms with Gasteiger partial charge in [-0.2, -0.15) is 0 Å². The molecular weight excluding hydrogens is 452 g/mol. The topological polar surface area (TPSA) is 73.6 Å². The zero-order valence-corrected chi connectivity index (χ0v) is 20.2. The van der Waals surface area contributed by atoms with Crippen molar-refractivity contribution in [2.24, 2.45) is 0 Å². The molecule has 6 nitrogen and oxygen atoms in total. The first kappa shape index (κ1) is 23.4. The molecule has 0 unspecified atom stereocenters. The van der Waals surface area contributed by atoms with E-state index in [9.17, 15) is 4.79 Å². The van der Waals surface area contributed by atoms with Gasteiger partial charge in [0.15, 0.2) is 5.15 Å². The molecule has 0 saturated carbocycles. The Morgan fingerprint density at radius 1 is 1.24 bits per heavy atom. The highest BCUT2D eigenvalue weighted by Crippen LogP contribution is 2.41. The Hall–Kier alpha value is -3.77. The van der Waals surface area contributed by atoms with Crippen LogP contribution in [-0.4, -0.2) is 24.6 Å². The van der Waals surface area contributed by atoms with Gasteiger partial charge in [0.2, 0.25) is 5.91 Å². The molecule has 4 aromatic rings. The van der Waals surface area contributed by atoms with E-state index < -0.39 is 0 Å². The maximum absolute atomic E-state index is 12.7. The number of methoxy groups -OCH3 is 1. The van der Waals surface area contributed by atoms with Crippen LogP contribution in [0.4, 0.5) is 5.69 Å². The fourth-order valence-electron chi connectivity index (χ4n) is 3.88. The number of carbonyl (C=O) groups excluding carboxylic acids is 1. The van der Waals surface area contributed by atoms with E-state index in [0.29, 0.717) is 18.0 Å². The van der Waals surface area contributed by atoms with E-state index in [1.165, 1.54) is 6.08 Å². The fraction of sp³-hybridized carbons (Fsp3) is 0.185. The summed E-state index contributed by atoms with van der Waals surface area (Å²) in [7, 11) is 1.64. The molecule has 1 amide bonds. The summed E-state index contributed by atoms with van der Waals surface area (Å²) in [5.41, 5.74) is 5.51. The van der Waals surface area contributed by atoms with E-state index in [-0.39, 0.29) is 11.1 Å². The lowest BCUT2D eigenvalue weighted by Gasteiger charge is -2.15. The average Bonchev–Trinajstić information content (AvgIpc) is 3.26. The van der Waals surface area contributed by atoms with E-state index in [2.05, 4.69) is 10.3 Å². The summed E-state index contributed by atoms with van der Waals surface area (Å²) in [6.45, 7) is 6.23. The molecule has 0 fully saturated rings. The molecule has 0 aliphatic carbocycles. The fourth-order valence-corrected chi connectivity index (χ4v) is 4.04. The summed E-state index contributed by atoms with van der Waals surface area (Å²) in [6.07, 6.45) is 4.83. The number of fused-ring (bicyclic) bond motifs is 1. The molecular formula is C27H25ClN2O4. The summed E-state index contributed by atoms with van der Waals surface area (Å²) < 4.78 is 17.3. The second kappa shape index (κ2) is 10.0. The van der Waals surface area contributed by atoms with Crippen LogP contribution in [-0.2, 0) is 4.79 Å². The lowest BCUT2D eigenvalue weighted by Crippen LogP contribution is -2.09. The largest absolute Gasteiger partial charge is 0.497 e. The van der Waals surface area contributed by atoms with Crippen LogP contribution >= 0.6 is 11.6 Å². The van der Waals surface area contributed by atoms with E-state index in [4.69, 9.17) is 25.5 Å². The molecule has 0 saturated heterocycles. The summed E-state index contributed by atoms with van der Waals surface area (Å²) in [6, 6.07) is 13.2. The number of nitrogens with one attached hydrogen (secondary N) is 1. The molecule has 7 heteroatoms. The number of benzene rings is 2. The first-order valence-corrected chi connectivity index (χ1v) is 11.2. The number of carbonyl (C=O) groups is 1. The molecule has 0 atom stereocenters. The van der Waals surface area contributed by atoms with Gasteiger partial charge in [0, 0.05) is 34.3 Å². The highest BCUT2D eigenvalue weighted by atomic mass is 35.5. The predicted molar refractivity (Wildman–Crippen MR) is 136 cm³/mol. The number of rotatable bonds is 7. The van der Waals surface area contributed by atoms with Gasteiger partial charge in [0.25, 0.3) is 0 Å². The molecule has 0 radical (unpaired) electrons. The van der Waals surface area contributed by atoms with Crippen molar-refractivity contribution in [1.82, 2.24) is 4.98 Å². The SMILES string of the molecule is CCOc1c(/C(C)=C/C(=O)Nc2cccnc2Cl)cc2c(-c3cccc(OC)c3)coc2c1C. The van der Waals surface area contributed by atoms with E-state index in [1.54, 1.807) is 31.7 Å². The van der Waals surface area contributed by atoms with Crippen molar-refractivity contribution < 1.29 is 18.7 Å². The Morgan fingerprint density at radius 3 is 2.79 bits per heavy atom. The molecule has 2 aromatic carbocycles. The molecule has 174 valence electrons. The predicted octanol–water partition coefficient (Wildman–Crippen LogP) is 6.91. The number of allylic oxidation sites excluding steroid dienone is 1. The van der Waals surface area contributed by atoms with Crippen LogP contribution < -0.4 is 14.8 Å². The maximum Gasteiger partial charge on any atom is 0.248 e. The van der Waals surface area contributed by atoms with Gasteiger partial charge in [-0.25, -0.2) is 4.98 Å². The van der Waals surface area contributed by atoms with Crippen LogP contribution in [0.5, 0.6) is 11.5 Å². The van der Waals surface area contributed by atoms with Crippen LogP contribution in [0.25, 0.3) is 27.7 Å². The molecule has 4 rings (SSSR count). The third kappa shape index (κ3) is 4.63. The van der Waals surface area contributed by atoms with Gasteiger partial charge in [0.05, 0.1) is 25.7 Å². The van der Waals surface area contributed by atoms with Crippen molar-refractivity contribution in [3.05, 3.63) is 77.3 Å². The monoisotopic (exact) mass is 476 g/mol. The Kier molecular flexibility index (Phi) is 6.89. The second-order valence-electron chi connectivity index (χ2n) is 7.73. The van der Waals surface area contributed by atoms with Crippen LogP contribution in [0.15, 0.2) is 65.4 Å². The zero-order valence-electron chi connectivity index (χ0n) is 19.4. The highest BCUT2D eigenvalue weighted by molar-refractivity contribution is 6.32. The summed E-state index contributed by atoms with van der Waals surface area (Å²) in [4.78, 5) is 16.7. The molecule has 1 N–H and O–H groups in total. The summed E-state index contributed by atoms with van der Waals surface area (Å²) in [5, 5.41) is 3.93. The van der Waals surface area contributed by atoms with Crippen molar-refractivity contribution in [3.8, 4) is 22.6 Å². The molecule has 0 bridgehead atoms. The van der Waals surface area contributed by atoms with Crippen LogP contribution in [0.3, 0.4) is 0 Å². The Bertz CT molecular complexity index is 1390. The number of ether oxygens (including phenoxy) is 2. The summed E-state index contributed by atoms with van der Waals surface area (Å²) in [5.74, 6) is 1.13. The minimum Gasteiger partial charge on any atom is -0.497 e. The number of hydrogen-bond donors (Lipinski definition) is 1. The number of hydrogen-bond acceptors (Lipinski definition) is 5. The number of nitrogens with zero attached hydrogens (tertiary/aromatic N) is 1. The van der Waals surface area contributed by atoms with Crippen molar-refractivity contribution in [3.63, 3.8) is 0 Å². The zero-order chi connectivity index (χ0) is 24.2. The van der Waals surface area contributed by atoms with Gasteiger partial charge in [-0.1, -0.05) is 23.7 Å². The number of aryl methyl sites for hydroxylation is 1. The number of pyridine rings is 1. The normalized spacial score (nSPS) is 11.5. The number of furan rings is 1. The Balaban J connectivity index is 1.80. The van der Waals surface area contributed by atoms with Crippen molar-refractivity contribution in [2.75, 3.05) is 19.0 Å². The third-order valence-electron chi connectivity index (χ3n) is 5.50. The van der Waals surface area contributed by atoms with Gasteiger partial charge in [-0.05, 0) is 62.2 Å². The van der Waals surface area contributed by atoms with E-state index in [1.807, 2.05) is 51.1 Å². The van der Waals surface area contributed by atoms with Crippen LogP contribution in [0.1, 0.15) is 25.0 Å². The molecule has 0 aliphatic heterocycles. The molecule has 0 spiro atoms. The van der Waals surface area contributed by atoms with Crippen LogP contribution in [0.2, 0.25) is 5.15 Å². The van der Waals surface area contributed by atoms with Crippen molar-refractivity contribution in [2.45, 2.75) is 20.8 Å². The lowest BCUT2D eigenvalue weighted by molar-refractivity contribution is -0.111. The molecule has 34 heavy (non-hydrogen) atoms. The Morgan fingerprint density at radius 2 is 2.06 bits per heavy atom. The van der Waals surface area contributed by atoms with E-state index in [0.717, 1.165) is 44.5 Å².